The van der Waals surface area contributed by atoms with Gasteiger partial charge in [0.1, 0.15) is 0 Å². The van der Waals surface area contributed by atoms with Gasteiger partial charge < -0.3 is 5.32 Å². The zero-order valence-corrected chi connectivity index (χ0v) is 11.8. The lowest BCUT2D eigenvalue weighted by Gasteiger charge is -2.20. The molecule has 0 aliphatic heterocycles. The smallest absolute Gasteiger partial charge is 0.275 e. The van der Waals surface area contributed by atoms with Crippen molar-refractivity contribution in [1.29, 1.82) is 0 Å². The fourth-order valence-electron chi connectivity index (χ4n) is 2.75. The molecule has 104 valence electrons. The maximum Gasteiger partial charge on any atom is 0.275 e. The van der Waals surface area contributed by atoms with Crippen molar-refractivity contribution in [1.82, 2.24) is 5.32 Å². The zero-order valence-electron chi connectivity index (χ0n) is 11.1. The number of halogens is 1. The van der Waals surface area contributed by atoms with Crippen molar-refractivity contribution in [3.63, 3.8) is 0 Å². The van der Waals surface area contributed by atoms with E-state index in [2.05, 4.69) is 12.2 Å². The van der Waals surface area contributed by atoms with Crippen LogP contribution in [0.2, 0.25) is 5.02 Å². The minimum Gasteiger partial charge on any atom is -0.310 e. The highest BCUT2D eigenvalue weighted by molar-refractivity contribution is 6.30. The van der Waals surface area contributed by atoms with Gasteiger partial charge in [-0.1, -0.05) is 24.4 Å². The van der Waals surface area contributed by atoms with Gasteiger partial charge in [0, 0.05) is 29.2 Å². The van der Waals surface area contributed by atoms with E-state index < -0.39 is 0 Å². The van der Waals surface area contributed by atoms with Crippen LogP contribution in [0.25, 0.3) is 0 Å². The van der Waals surface area contributed by atoms with Gasteiger partial charge in [-0.15, -0.1) is 0 Å². The molecule has 1 aromatic carbocycles. The number of nitro benzene ring substituents is 1. The Hall–Kier alpha value is -1.13. The van der Waals surface area contributed by atoms with Gasteiger partial charge in [-0.05, 0) is 37.8 Å². The quantitative estimate of drug-likeness (QED) is 0.658. The molecule has 0 radical (unpaired) electrons. The van der Waals surface area contributed by atoms with Crippen molar-refractivity contribution in [2.75, 3.05) is 0 Å². The molecule has 1 aliphatic carbocycles. The molecule has 4 nitrogen and oxygen atoms in total. The number of benzene rings is 1. The van der Waals surface area contributed by atoms with Gasteiger partial charge in [0.15, 0.2) is 0 Å². The summed E-state index contributed by atoms with van der Waals surface area (Å²) in [4.78, 5) is 10.6. The van der Waals surface area contributed by atoms with E-state index in [4.69, 9.17) is 11.6 Å². The van der Waals surface area contributed by atoms with Crippen molar-refractivity contribution in [2.24, 2.45) is 5.92 Å². The second-order valence-electron chi connectivity index (χ2n) is 5.24. The lowest BCUT2D eigenvalue weighted by atomic mass is 9.99. The van der Waals surface area contributed by atoms with Gasteiger partial charge in [0.25, 0.3) is 5.69 Å². The Morgan fingerprint density at radius 3 is 2.79 bits per heavy atom. The van der Waals surface area contributed by atoms with Gasteiger partial charge in [-0.25, -0.2) is 0 Å². The Labute approximate surface area is 118 Å². The van der Waals surface area contributed by atoms with Crippen molar-refractivity contribution < 1.29 is 4.92 Å². The summed E-state index contributed by atoms with van der Waals surface area (Å²) in [6, 6.07) is 5.25. The van der Waals surface area contributed by atoms with Gasteiger partial charge in [0.05, 0.1) is 4.92 Å². The molecule has 0 aromatic heterocycles. The van der Waals surface area contributed by atoms with Crippen molar-refractivity contribution in [2.45, 2.75) is 45.2 Å². The standard InChI is InChI=1S/C14H19ClN2O2/c1-10(11-4-2-3-5-11)16-9-12-6-7-13(15)8-14(12)17(18)19/h6-8,10-11,16H,2-5,9H2,1H3/t10-/m1/s1. The molecular formula is C14H19ClN2O2. The molecule has 1 aliphatic rings. The Morgan fingerprint density at radius 1 is 1.47 bits per heavy atom. The van der Waals surface area contributed by atoms with E-state index in [9.17, 15) is 10.1 Å². The Bertz CT molecular complexity index is 459. The summed E-state index contributed by atoms with van der Waals surface area (Å²) in [5.41, 5.74) is 0.790. The lowest BCUT2D eigenvalue weighted by Crippen LogP contribution is -2.31. The molecule has 1 N–H and O–H groups in total. The maximum atomic E-state index is 11.0. The Morgan fingerprint density at radius 2 is 2.16 bits per heavy atom. The minimum absolute atomic E-state index is 0.0959. The topological polar surface area (TPSA) is 55.2 Å². The van der Waals surface area contributed by atoms with E-state index in [1.807, 2.05) is 0 Å². The summed E-state index contributed by atoms with van der Waals surface area (Å²) in [6.07, 6.45) is 5.13. The molecule has 0 unspecified atom stereocenters. The molecule has 1 fully saturated rings. The summed E-state index contributed by atoms with van der Waals surface area (Å²) < 4.78 is 0. The third-order valence-corrected chi connectivity index (χ3v) is 4.20. The second kappa shape index (κ2) is 6.35. The van der Waals surface area contributed by atoms with Crippen LogP contribution in [0.15, 0.2) is 18.2 Å². The first-order valence-corrected chi connectivity index (χ1v) is 7.12. The van der Waals surface area contributed by atoms with Crippen LogP contribution >= 0.6 is 11.6 Å². The Balaban J connectivity index is 2.00. The highest BCUT2D eigenvalue weighted by atomic mass is 35.5. The molecule has 0 bridgehead atoms. The third kappa shape index (κ3) is 3.67. The molecule has 0 saturated heterocycles. The summed E-state index contributed by atoms with van der Waals surface area (Å²) in [6.45, 7) is 2.68. The number of nitro groups is 1. The molecule has 1 atom stereocenters. The van der Waals surface area contributed by atoms with E-state index in [1.54, 1.807) is 12.1 Å². The summed E-state index contributed by atoms with van der Waals surface area (Å²) in [5, 5.41) is 14.8. The van der Waals surface area contributed by atoms with Crippen molar-refractivity contribution in [3.05, 3.63) is 38.9 Å². The monoisotopic (exact) mass is 282 g/mol. The second-order valence-corrected chi connectivity index (χ2v) is 5.68. The minimum atomic E-state index is -0.372. The zero-order chi connectivity index (χ0) is 13.8. The van der Waals surface area contributed by atoms with Crippen molar-refractivity contribution in [3.8, 4) is 0 Å². The van der Waals surface area contributed by atoms with E-state index in [-0.39, 0.29) is 10.6 Å². The first-order chi connectivity index (χ1) is 9.08. The van der Waals surface area contributed by atoms with E-state index in [0.717, 1.165) is 0 Å². The number of hydrogen-bond acceptors (Lipinski definition) is 3. The molecule has 0 heterocycles. The molecule has 19 heavy (non-hydrogen) atoms. The normalized spacial score (nSPS) is 17.6. The van der Waals surface area contributed by atoms with E-state index >= 15 is 0 Å². The number of nitrogens with one attached hydrogen (secondary N) is 1. The predicted octanol–water partition coefficient (Wildman–Crippen LogP) is 3.92. The highest BCUT2D eigenvalue weighted by Crippen LogP contribution is 2.28. The van der Waals surface area contributed by atoms with Crippen molar-refractivity contribution >= 4 is 17.3 Å². The summed E-state index contributed by atoms with van der Waals surface area (Å²) in [7, 11) is 0. The first kappa shape index (κ1) is 14.3. The Kier molecular flexibility index (Phi) is 4.77. The van der Waals surface area contributed by atoms with Gasteiger partial charge in [0.2, 0.25) is 0 Å². The third-order valence-electron chi connectivity index (χ3n) is 3.97. The predicted molar refractivity (Wildman–Crippen MR) is 76.4 cm³/mol. The fraction of sp³-hybridized carbons (Fsp3) is 0.571. The van der Waals surface area contributed by atoms with Crippen LogP contribution in [-0.2, 0) is 6.54 Å². The molecule has 0 spiro atoms. The number of nitrogens with zero attached hydrogens (tertiary/aromatic N) is 1. The number of hydrogen-bond donors (Lipinski definition) is 1. The SMILES string of the molecule is C[C@@H](NCc1ccc(Cl)cc1[N+](=O)[O-])C1CCCC1. The van der Waals surface area contributed by atoms with Crippen LogP contribution in [0.4, 0.5) is 5.69 Å². The maximum absolute atomic E-state index is 11.0. The van der Waals surface area contributed by atoms with Crippen LogP contribution in [-0.4, -0.2) is 11.0 Å². The van der Waals surface area contributed by atoms with E-state index in [1.165, 1.54) is 31.7 Å². The average Bonchev–Trinajstić information content (AvgIpc) is 2.90. The summed E-state index contributed by atoms with van der Waals surface area (Å²) in [5.74, 6) is 0.700. The molecular weight excluding hydrogens is 264 g/mol. The van der Waals surface area contributed by atoms with Crippen LogP contribution in [0, 0.1) is 16.0 Å². The van der Waals surface area contributed by atoms with Crippen LogP contribution in [0.5, 0.6) is 0 Å². The van der Waals surface area contributed by atoms with Crippen LogP contribution in [0.3, 0.4) is 0 Å². The fourth-order valence-corrected chi connectivity index (χ4v) is 2.92. The average molecular weight is 283 g/mol. The lowest BCUT2D eigenvalue weighted by molar-refractivity contribution is -0.385. The molecule has 5 heteroatoms. The van der Waals surface area contributed by atoms with Gasteiger partial charge in [-0.2, -0.15) is 0 Å². The summed E-state index contributed by atoms with van der Waals surface area (Å²) >= 11 is 5.80. The van der Waals surface area contributed by atoms with Gasteiger partial charge >= 0.3 is 0 Å². The number of rotatable bonds is 5. The van der Waals surface area contributed by atoms with E-state index in [0.29, 0.717) is 29.1 Å². The van der Waals surface area contributed by atoms with Gasteiger partial charge in [-0.3, -0.25) is 10.1 Å². The van der Waals surface area contributed by atoms with Crippen LogP contribution < -0.4 is 5.32 Å². The van der Waals surface area contributed by atoms with Crippen LogP contribution in [0.1, 0.15) is 38.2 Å². The molecule has 2 rings (SSSR count). The largest absolute Gasteiger partial charge is 0.310 e. The molecule has 1 aromatic rings. The molecule has 1 saturated carbocycles. The highest BCUT2D eigenvalue weighted by Gasteiger charge is 2.22. The molecule has 0 amide bonds. The first-order valence-electron chi connectivity index (χ1n) is 6.74.